The van der Waals surface area contributed by atoms with Gasteiger partial charge in [-0.2, -0.15) is 0 Å². The van der Waals surface area contributed by atoms with Crippen LogP contribution in [-0.2, 0) is 12.8 Å². The van der Waals surface area contributed by atoms with Crippen LogP contribution in [0.3, 0.4) is 0 Å². The number of pyridine rings is 1. The van der Waals surface area contributed by atoms with Gasteiger partial charge in [0.2, 0.25) is 0 Å². The smallest absolute Gasteiger partial charge is 0.0409 e. The average Bonchev–Trinajstić information content (AvgIpc) is 2.18. The van der Waals surface area contributed by atoms with Crippen LogP contribution in [0.5, 0.6) is 0 Å². The van der Waals surface area contributed by atoms with E-state index in [1.54, 1.807) is 0 Å². The van der Waals surface area contributed by atoms with E-state index >= 15 is 0 Å². The zero-order chi connectivity index (χ0) is 11.3. The summed E-state index contributed by atoms with van der Waals surface area (Å²) in [4.78, 5) is 4.48. The first kappa shape index (κ1) is 12.2. The highest BCUT2D eigenvalue weighted by Crippen LogP contribution is 2.24. The minimum absolute atomic E-state index is 0.259. The molecular weight excluding hydrogens is 184 g/mol. The molecular formula is C13H22N2. The SMILES string of the molecule is CCc1ccc(CC(C)(C)CCN)nc1. The van der Waals surface area contributed by atoms with Crippen LogP contribution in [0.2, 0.25) is 0 Å². The molecule has 0 unspecified atom stereocenters. The summed E-state index contributed by atoms with van der Waals surface area (Å²) in [5, 5.41) is 0. The van der Waals surface area contributed by atoms with Crippen LogP contribution < -0.4 is 5.73 Å². The van der Waals surface area contributed by atoms with Crippen LogP contribution in [0.4, 0.5) is 0 Å². The first-order valence-electron chi connectivity index (χ1n) is 5.71. The first-order chi connectivity index (χ1) is 7.07. The predicted octanol–water partition coefficient (Wildman–Crippen LogP) is 2.56. The van der Waals surface area contributed by atoms with E-state index in [9.17, 15) is 0 Å². The molecule has 0 amide bonds. The highest BCUT2D eigenvalue weighted by atomic mass is 14.7. The molecule has 1 heterocycles. The van der Waals surface area contributed by atoms with Crippen molar-refractivity contribution >= 4 is 0 Å². The van der Waals surface area contributed by atoms with E-state index in [0.29, 0.717) is 0 Å². The van der Waals surface area contributed by atoms with Crippen molar-refractivity contribution in [1.82, 2.24) is 4.98 Å². The molecule has 2 N–H and O–H groups in total. The van der Waals surface area contributed by atoms with Crippen molar-refractivity contribution in [3.8, 4) is 0 Å². The maximum absolute atomic E-state index is 5.59. The van der Waals surface area contributed by atoms with Crippen molar-refractivity contribution in [1.29, 1.82) is 0 Å². The molecule has 15 heavy (non-hydrogen) atoms. The van der Waals surface area contributed by atoms with Gasteiger partial charge in [0.05, 0.1) is 0 Å². The van der Waals surface area contributed by atoms with Gasteiger partial charge in [-0.3, -0.25) is 4.98 Å². The lowest BCUT2D eigenvalue weighted by Crippen LogP contribution is -2.20. The molecule has 0 aromatic carbocycles. The monoisotopic (exact) mass is 206 g/mol. The van der Waals surface area contributed by atoms with Gasteiger partial charge in [-0.15, -0.1) is 0 Å². The fourth-order valence-electron chi connectivity index (χ4n) is 1.74. The molecule has 2 nitrogen and oxygen atoms in total. The minimum Gasteiger partial charge on any atom is -0.330 e. The maximum Gasteiger partial charge on any atom is 0.0409 e. The largest absolute Gasteiger partial charge is 0.330 e. The molecule has 2 heteroatoms. The number of nitrogens with two attached hydrogens (primary N) is 1. The Morgan fingerprint density at radius 2 is 2.07 bits per heavy atom. The Labute approximate surface area is 92.9 Å². The van der Waals surface area contributed by atoms with Gasteiger partial charge in [0.15, 0.2) is 0 Å². The van der Waals surface area contributed by atoms with Crippen LogP contribution in [-0.4, -0.2) is 11.5 Å². The molecule has 0 radical (unpaired) electrons. The lowest BCUT2D eigenvalue weighted by Gasteiger charge is -2.23. The number of aryl methyl sites for hydroxylation is 1. The van der Waals surface area contributed by atoms with Gasteiger partial charge in [-0.1, -0.05) is 26.8 Å². The zero-order valence-corrected chi connectivity index (χ0v) is 10.1. The third-order valence-corrected chi connectivity index (χ3v) is 2.78. The van der Waals surface area contributed by atoms with Gasteiger partial charge in [-0.05, 0) is 42.9 Å². The quantitative estimate of drug-likeness (QED) is 0.804. The maximum atomic E-state index is 5.59. The highest BCUT2D eigenvalue weighted by molar-refractivity contribution is 5.14. The number of nitrogens with zero attached hydrogens (tertiary/aromatic N) is 1. The van der Waals surface area contributed by atoms with E-state index in [0.717, 1.165) is 25.8 Å². The number of hydrogen-bond acceptors (Lipinski definition) is 2. The topological polar surface area (TPSA) is 38.9 Å². The lowest BCUT2D eigenvalue weighted by molar-refractivity contribution is 0.335. The summed E-state index contributed by atoms with van der Waals surface area (Å²) in [5.74, 6) is 0. The molecule has 1 rings (SSSR count). The summed E-state index contributed by atoms with van der Waals surface area (Å²) in [6, 6.07) is 4.30. The van der Waals surface area contributed by atoms with Crippen LogP contribution in [0.25, 0.3) is 0 Å². The summed E-state index contributed by atoms with van der Waals surface area (Å²) in [6.07, 6.45) is 5.09. The highest BCUT2D eigenvalue weighted by Gasteiger charge is 2.17. The number of hydrogen-bond donors (Lipinski definition) is 1. The normalized spacial score (nSPS) is 11.7. The molecule has 0 bridgehead atoms. The second-order valence-corrected chi connectivity index (χ2v) is 4.89. The van der Waals surface area contributed by atoms with E-state index in [1.807, 2.05) is 6.20 Å². The molecule has 0 spiro atoms. The van der Waals surface area contributed by atoms with Crippen molar-refractivity contribution in [2.75, 3.05) is 6.54 Å². The van der Waals surface area contributed by atoms with Gasteiger partial charge >= 0.3 is 0 Å². The Hall–Kier alpha value is -0.890. The average molecular weight is 206 g/mol. The van der Waals surface area contributed by atoms with E-state index in [-0.39, 0.29) is 5.41 Å². The van der Waals surface area contributed by atoms with Crippen LogP contribution >= 0.6 is 0 Å². The Bertz CT molecular complexity index is 288. The van der Waals surface area contributed by atoms with Crippen LogP contribution in [0.15, 0.2) is 18.3 Å². The van der Waals surface area contributed by atoms with Gasteiger partial charge in [0.1, 0.15) is 0 Å². The fraction of sp³-hybridized carbons (Fsp3) is 0.615. The van der Waals surface area contributed by atoms with Crippen molar-refractivity contribution in [3.05, 3.63) is 29.6 Å². The van der Waals surface area contributed by atoms with Gasteiger partial charge in [0.25, 0.3) is 0 Å². The summed E-state index contributed by atoms with van der Waals surface area (Å²) < 4.78 is 0. The zero-order valence-electron chi connectivity index (χ0n) is 10.1. The number of aromatic nitrogens is 1. The van der Waals surface area contributed by atoms with Gasteiger partial charge < -0.3 is 5.73 Å². The second kappa shape index (κ2) is 5.26. The van der Waals surface area contributed by atoms with E-state index in [1.165, 1.54) is 11.3 Å². The molecule has 0 atom stereocenters. The van der Waals surface area contributed by atoms with Crippen LogP contribution in [0.1, 0.15) is 38.4 Å². The van der Waals surface area contributed by atoms with E-state index in [2.05, 4.69) is 37.9 Å². The molecule has 0 fully saturated rings. The summed E-state index contributed by atoms with van der Waals surface area (Å²) in [6.45, 7) is 7.39. The Morgan fingerprint density at radius 3 is 2.53 bits per heavy atom. The second-order valence-electron chi connectivity index (χ2n) is 4.89. The molecule has 0 aliphatic rings. The van der Waals surface area contributed by atoms with Crippen molar-refractivity contribution in [2.45, 2.75) is 40.0 Å². The molecule has 0 aliphatic carbocycles. The predicted molar refractivity (Wildman–Crippen MR) is 64.8 cm³/mol. The molecule has 84 valence electrons. The standard InChI is InChI=1S/C13H22N2/c1-4-11-5-6-12(15-10-11)9-13(2,3)7-8-14/h5-6,10H,4,7-9,14H2,1-3H3. The molecule has 1 aromatic rings. The number of rotatable bonds is 5. The van der Waals surface area contributed by atoms with E-state index < -0.39 is 0 Å². The van der Waals surface area contributed by atoms with Crippen molar-refractivity contribution < 1.29 is 0 Å². The molecule has 0 saturated heterocycles. The van der Waals surface area contributed by atoms with Crippen molar-refractivity contribution in [3.63, 3.8) is 0 Å². The third-order valence-electron chi connectivity index (χ3n) is 2.78. The minimum atomic E-state index is 0.259. The molecule has 1 aromatic heterocycles. The molecule has 0 saturated carbocycles. The Morgan fingerprint density at radius 1 is 1.33 bits per heavy atom. The van der Waals surface area contributed by atoms with E-state index in [4.69, 9.17) is 5.73 Å². The third kappa shape index (κ3) is 4.00. The summed E-state index contributed by atoms with van der Waals surface area (Å²) in [5.41, 5.74) is 8.33. The summed E-state index contributed by atoms with van der Waals surface area (Å²) >= 11 is 0. The Balaban J connectivity index is 2.64. The van der Waals surface area contributed by atoms with Crippen LogP contribution in [0, 0.1) is 5.41 Å². The molecule has 0 aliphatic heterocycles. The first-order valence-corrected chi connectivity index (χ1v) is 5.71. The van der Waals surface area contributed by atoms with Gasteiger partial charge in [0, 0.05) is 11.9 Å². The summed E-state index contributed by atoms with van der Waals surface area (Å²) in [7, 11) is 0. The Kier molecular flexibility index (Phi) is 4.28. The lowest BCUT2D eigenvalue weighted by atomic mass is 9.84. The van der Waals surface area contributed by atoms with Gasteiger partial charge in [-0.25, -0.2) is 0 Å². The van der Waals surface area contributed by atoms with Crippen molar-refractivity contribution in [2.24, 2.45) is 11.1 Å². The fourth-order valence-corrected chi connectivity index (χ4v) is 1.74.